The molecule has 7 nitrogen and oxygen atoms in total. The zero-order chi connectivity index (χ0) is 22.2. The molecule has 0 N–H and O–H groups in total. The molecular weight excluding hydrogens is 406 g/mol. The monoisotopic (exact) mass is 433 g/mol. The number of ether oxygens (including phenoxy) is 2. The van der Waals surface area contributed by atoms with Crippen LogP contribution < -0.4 is 15.2 Å². The zero-order valence-corrected chi connectivity index (χ0v) is 18.3. The summed E-state index contributed by atoms with van der Waals surface area (Å²) in [5, 5.41) is 2.19. The number of aromatic nitrogens is 1. The van der Waals surface area contributed by atoms with E-state index in [0.29, 0.717) is 37.7 Å². The van der Waals surface area contributed by atoms with Gasteiger partial charge >= 0.3 is 0 Å². The molecule has 5 rings (SSSR count). The van der Waals surface area contributed by atoms with Crippen molar-refractivity contribution in [2.75, 3.05) is 38.5 Å². The number of rotatable bonds is 4. The first-order chi connectivity index (χ1) is 15.6. The normalized spacial score (nSPS) is 23.8. The first-order valence-electron chi connectivity index (χ1n) is 10.9. The molecule has 0 saturated carbocycles. The Hall–Kier alpha value is -3.32. The van der Waals surface area contributed by atoms with E-state index in [9.17, 15) is 9.59 Å². The second-order valence-electron chi connectivity index (χ2n) is 8.45. The van der Waals surface area contributed by atoms with Crippen LogP contribution in [0.1, 0.15) is 27.7 Å². The second kappa shape index (κ2) is 8.31. The topological polar surface area (TPSA) is 64.0 Å². The lowest BCUT2D eigenvalue weighted by molar-refractivity contribution is 0.0603. The highest BCUT2D eigenvalue weighted by molar-refractivity contribution is 5.95. The van der Waals surface area contributed by atoms with Gasteiger partial charge in [0.15, 0.2) is 5.43 Å². The number of nitrogens with zero attached hydrogens (tertiary/aromatic N) is 3. The second-order valence-corrected chi connectivity index (χ2v) is 8.45. The Balaban J connectivity index is 1.69. The van der Waals surface area contributed by atoms with Crippen molar-refractivity contribution in [3.63, 3.8) is 0 Å². The number of pyridine rings is 1. The summed E-state index contributed by atoms with van der Waals surface area (Å²) in [6.07, 6.45) is 10.3. The van der Waals surface area contributed by atoms with Crippen LogP contribution in [0.4, 0.5) is 0 Å². The molecule has 3 atom stereocenters. The third kappa shape index (κ3) is 3.33. The Morgan fingerprint density at radius 3 is 2.78 bits per heavy atom. The fraction of sp³-hybridized carbons (Fsp3) is 0.360. The van der Waals surface area contributed by atoms with E-state index in [1.54, 1.807) is 25.1 Å². The molecule has 3 heterocycles. The summed E-state index contributed by atoms with van der Waals surface area (Å²) >= 11 is 0. The fourth-order valence-corrected chi connectivity index (χ4v) is 4.94. The van der Waals surface area contributed by atoms with Gasteiger partial charge in [-0.05, 0) is 13.0 Å². The van der Waals surface area contributed by atoms with Gasteiger partial charge in [-0.1, -0.05) is 42.5 Å². The van der Waals surface area contributed by atoms with Crippen LogP contribution >= 0.6 is 0 Å². The maximum atomic E-state index is 13.4. The smallest absolute Gasteiger partial charge is 0.274 e. The van der Waals surface area contributed by atoms with Gasteiger partial charge in [0.1, 0.15) is 18.1 Å². The minimum absolute atomic E-state index is 0.0845. The molecule has 2 aromatic rings. The predicted molar refractivity (Wildman–Crippen MR) is 121 cm³/mol. The van der Waals surface area contributed by atoms with Gasteiger partial charge in [-0.15, -0.1) is 0 Å². The van der Waals surface area contributed by atoms with E-state index in [1.807, 2.05) is 22.9 Å². The Bertz CT molecular complexity index is 1150. The lowest BCUT2D eigenvalue weighted by atomic mass is 9.80. The Labute approximate surface area is 187 Å². The molecule has 0 bridgehead atoms. The van der Waals surface area contributed by atoms with Crippen LogP contribution in [0, 0.1) is 18.8 Å². The zero-order valence-electron chi connectivity index (χ0n) is 18.3. The maximum Gasteiger partial charge on any atom is 0.274 e. The number of hydrogen-bond acceptors (Lipinski definition) is 5. The molecule has 0 radical (unpaired) electrons. The number of benzene rings is 1. The first kappa shape index (κ1) is 20.6. The van der Waals surface area contributed by atoms with Crippen molar-refractivity contribution in [2.45, 2.75) is 13.0 Å². The summed E-state index contributed by atoms with van der Waals surface area (Å²) in [6, 6.07) is 9.56. The van der Waals surface area contributed by atoms with Gasteiger partial charge in [0.05, 0.1) is 19.3 Å². The average Bonchev–Trinajstić information content (AvgIpc) is 2.98. The highest BCUT2D eigenvalue weighted by atomic mass is 16.5. The lowest BCUT2D eigenvalue weighted by Gasteiger charge is -2.46. The highest BCUT2D eigenvalue weighted by Crippen LogP contribution is 2.43. The van der Waals surface area contributed by atoms with Crippen LogP contribution in [0.5, 0.6) is 5.75 Å². The Morgan fingerprint density at radius 1 is 1.12 bits per heavy atom. The molecule has 166 valence electrons. The molecule has 1 aromatic heterocycles. The van der Waals surface area contributed by atoms with Gasteiger partial charge in [0.2, 0.25) is 0 Å². The summed E-state index contributed by atoms with van der Waals surface area (Å²) in [5.74, 6) is 1.05. The summed E-state index contributed by atoms with van der Waals surface area (Å²) in [5.41, 5.74) is 1.80. The summed E-state index contributed by atoms with van der Waals surface area (Å²) in [4.78, 5) is 27.6. The molecule has 3 aliphatic rings. The van der Waals surface area contributed by atoms with Crippen LogP contribution in [0.15, 0.2) is 65.6 Å². The molecule has 1 amide bonds. The van der Waals surface area contributed by atoms with Crippen LogP contribution in [0.3, 0.4) is 0 Å². The van der Waals surface area contributed by atoms with Gasteiger partial charge in [-0.3, -0.25) is 19.3 Å². The number of fused-ring (bicyclic) bond motifs is 3. The maximum absolute atomic E-state index is 13.4. The van der Waals surface area contributed by atoms with Crippen LogP contribution in [0.25, 0.3) is 0 Å². The Kier molecular flexibility index (Phi) is 5.35. The molecule has 7 heteroatoms. The minimum Gasteiger partial charge on any atom is -0.493 e. The van der Waals surface area contributed by atoms with Crippen LogP contribution in [-0.4, -0.2) is 49.0 Å². The molecule has 3 unspecified atom stereocenters. The number of para-hydroxylation sites is 1. The fourth-order valence-electron chi connectivity index (χ4n) is 4.94. The summed E-state index contributed by atoms with van der Waals surface area (Å²) in [7, 11) is 1.62. The quantitative estimate of drug-likeness (QED) is 0.742. The SMILES string of the molecule is COCCN1CN(C2c3ccccc3OCC3C=CC=CC32)n2ccc(=O)c(C)c2C1=O. The first-order valence-corrected chi connectivity index (χ1v) is 10.9. The van der Waals surface area contributed by atoms with E-state index in [2.05, 4.69) is 35.4 Å². The number of carbonyl (C=O) groups is 1. The average molecular weight is 434 g/mol. The van der Waals surface area contributed by atoms with Gasteiger partial charge in [0.25, 0.3) is 5.91 Å². The Morgan fingerprint density at radius 2 is 1.94 bits per heavy atom. The van der Waals surface area contributed by atoms with E-state index in [1.165, 1.54) is 6.07 Å². The van der Waals surface area contributed by atoms with Crippen molar-refractivity contribution in [3.05, 3.63) is 87.9 Å². The molecule has 2 aliphatic heterocycles. The van der Waals surface area contributed by atoms with Crippen molar-refractivity contribution in [1.29, 1.82) is 0 Å². The lowest BCUT2D eigenvalue weighted by Crippen LogP contribution is -2.57. The molecule has 0 fully saturated rings. The summed E-state index contributed by atoms with van der Waals surface area (Å²) < 4.78 is 13.3. The van der Waals surface area contributed by atoms with Gasteiger partial charge in [-0.25, -0.2) is 0 Å². The standard InChI is InChI=1S/C25H27N3O4/c1-17-21(29)11-12-27-23(17)25(30)26(13-14-31-2)16-28(27)24-19-8-4-3-7-18(19)15-32-22-10-6-5-9-20(22)24/h3-12,18-19,24H,13-16H2,1-2H3. The third-order valence-corrected chi connectivity index (χ3v) is 6.62. The van der Waals surface area contributed by atoms with Crippen molar-refractivity contribution >= 4 is 5.91 Å². The number of hydrogen-bond donors (Lipinski definition) is 0. The molecule has 32 heavy (non-hydrogen) atoms. The third-order valence-electron chi connectivity index (χ3n) is 6.62. The number of amides is 1. The number of carbonyl (C=O) groups excluding carboxylic acids is 1. The molecule has 1 aromatic carbocycles. The van der Waals surface area contributed by atoms with Crippen molar-refractivity contribution in [2.24, 2.45) is 11.8 Å². The summed E-state index contributed by atoms with van der Waals surface area (Å²) in [6.45, 7) is 3.57. The minimum atomic E-state index is -0.151. The molecule has 1 aliphatic carbocycles. The van der Waals surface area contributed by atoms with Crippen molar-refractivity contribution in [1.82, 2.24) is 9.58 Å². The van der Waals surface area contributed by atoms with Crippen molar-refractivity contribution in [3.8, 4) is 5.75 Å². The van der Waals surface area contributed by atoms with Gasteiger partial charge in [0, 0.05) is 48.9 Å². The van der Waals surface area contributed by atoms with E-state index in [-0.39, 0.29) is 29.2 Å². The number of allylic oxidation sites excluding steroid dienone is 2. The molecule has 0 saturated heterocycles. The van der Waals surface area contributed by atoms with E-state index in [4.69, 9.17) is 9.47 Å². The number of methoxy groups -OCH3 is 1. The molecular formula is C25H27N3O4. The van der Waals surface area contributed by atoms with Gasteiger partial charge < -0.3 is 14.4 Å². The van der Waals surface area contributed by atoms with E-state index < -0.39 is 0 Å². The largest absolute Gasteiger partial charge is 0.493 e. The van der Waals surface area contributed by atoms with E-state index in [0.717, 1.165) is 11.3 Å². The van der Waals surface area contributed by atoms with Crippen molar-refractivity contribution < 1.29 is 14.3 Å². The molecule has 0 spiro atoms. The van der Waals surface area contributed by atoms with Gasteiger partial charge in [-0.2, -0.15) is 0 Å². The van der Waals surface area contributed by atoms with Crippen LogP contribution in [0.2, 0.25) is 0 Å². The van der Waals surface area contributed by atoms with E-state index >= 15 is 0 Å². The predicted octanol–water partition coefficient (Wildman–Crippen LogP) is 2.65. The highest BCUT2D eigenvalue weighted by Gasteiger charge is 2.42. The van der Waals surface area contributed by atoms with Crippen LogP contribution in [-0.2, 0) is 4.74 Å².